The second-order valence-electron chi connectivity index (χ2n) is 6.69. The Kier molecular flexibility index (Phi) is 4.18. The van der Waals surface area contributed by atoms with Crippen molar-refractivity contribution in [3.8, 4) is 5.75 Å². The molecule has 1 aliphatic heterocycles. The van der Waals surface area contributed by atoms with E-state index in [0.717, 1.165) is 27.8 Å². The monoisotopic (exact) mass is 365 g/mol. The second-order valence-corrected chi connectivity index (χ2v) is 6.69. The Bertz CT molecular complexity index is 1050. The van der Waals surface area contributed by atoms with Crippen LogP contribution in [0.4, 0.5) is 10.1 Å². The lowest BCUT2D eigenvalue weighted by Crippen LogP contribution is -2.23. The van der Waals surface area contributed by atoms with Crippen LogP contribution in [-0.2, 0) is 13.0 Å². The lowest BCUT2D eigenvalue weighted by molar-refractivity contribution is 0.0785. The Morgan fingerprint density at radius 1 is 1.26 bits per heavy atom. The molecule has 2 aromatic carbocycles. The van der Waals surface area contributed by atoms with Gasteiger partial charge in [-0.3, -0.25) is 9.78 Å². The van der Waals surface area contributed by atoms with Gasteiger partial charge in [-0.25, -0.2) is 4.39 Å². The van der Waals surface area contributed by atoms with Crippen molar-refractivity contribution in [3.05, 3.63) is 64.6 Å². The molecule has 1 aliphatic rings. The standard InChI is InChI=1S/C21H20FN3O2/c1-3-25-11-16-17(21(25)27)20(26)19-15(18(16)23-2)9-13(10-24-19)8-12-4-6-14(22)7-5-12/h4-7,9-10,23,26H,3,8,11H2,1-2H3. The van der Waals surface area contributed by atoms with Crippen molar-refractivity contribution in [2.24, 2.45) is 0 Å². The van der Waals surface area contributed by atoms with Crippen molar-refractivity contribution in [3.63, 3.8) is 0 Å². The van der Waals surface area contributed by atoms with Crippen LogP contribution in [0.3, 0.4) is 0 Å². The highest BCUT2D eigenvalue weighted by atomic mass is 19.1. The first-order valence-electron chi connectivity index (χ1n) is 8.91. The molecule has 0 atom stereocenters. The Balaban J connectivity index is 1.84. The van der Waals surface area contributed by atoms with Gasteiger partial charge in [0.1, 0.15) is 11.3 Å². The highest BCUT2D eigenvalue weighted by Gasteiger charge is 2.33. The average molecular weight is 365 g/mol. The summed E-state index contributed by atoms with van der Waals surface area (Å²) in [6.07, 6.45) is 2.29. The number of nitrogens with one attached hydrogen (secondary N) is 1. The number of halogens is 1. The number of fused-ring (bicyclic) bond motifs is 2. The van der Waals surface area contributed by atoms with Gasteiger partial charge in [-0.05, 0) is 42.7 Å². The molecule has 27 heavy (non-hydrogen) atoms. The summed E-state index contributed by atoms with van der Waals surface area (Å²) in [5.74, 6) is -0.493. The molecular formula is C21H20FN3O2. The van der Waals surface area contributed by atoms with Crippen molar-refractivity contribution < 1.29 is 14.3 Å². The van der Waals surface area contributed by atoms with E-state index in [1.54, 1.807) is 30.3 Å². The molecule has 2 heterocycles. The first-order chi connectivity index (χ1) is 13.0. The van der Waals surface area contributed by atoms with Crippen molar-refractivity contribution in [2.45, 2.75) is 19.9 Å². The van der Waals surface area contributed by atoms with Gasteiger partial charge in [-0.15, -0.1) is 0 Å². The maximum Gasteiger partial charge on any atom is 0.258 e. The number of amides is 1. The van der Waals surface area contributed by atoms with Crippen LogP contribution in [0.25, 0.3) is 10.9 Å². The summed E-state index contributed by atoms with van der Waals surface area (Å²) in [7, 11) is 1.80. The number of hydrogen-bond acceptors (Lipinski definition) is 4. The van der Waals surface area contributed by atoms with Gasteiger partial charge in [0.2, 0.25) is 0 Å². The normalized spacial score (nSPS) is 13.3. The Morgan fingerprint density at radius 3 is 2.67 bits per heavy atom. The highest BCUT2D eigenvalue weighted by molar-refractivity contribution is 6.11. The third-order valence-corrected chi connectivity index (χ3v) is 5.08. The number of carbonyl (C=O) groups is 1. The number of phenols is 1. The summed E-state index contributed by atoms with van der Waals surface area (Å²) in [5, 5.41) is 14.7. The highest BCUT2D eigenvalue weighted by Crippen LogP contribution is 2.42. The van der Waals surface area contributed by atoms with Gasteiger partial charge in [0, 0.05) is 43.0 Å². The molecular weight excluding hydrogens is 345 g/mol. The average Bonchev–Trinajstić information content (AvgIpc) is 3.00. The van der Waals surface area contributed by atoms with Crippen LogP contribution in [0.5, 0.6) is 5.75 Å². The van der Waals surface area contributed by atoms with Crippen LogP contribution >= 0.6 is 0 Å². The maximum absolute atomic E-state index is 13.1. The van der Waals surface area contributed by atoms with Gasteiger partial charge in [-0.1, -0.05) is 12.1 Å². The molecule has 0 bridgehead atoms. The molecule has 0 saturated heterocycles. The number of hydrogen-bond donors (Lipinski definition) is 2. The van der Waals surface area contributed by atoms with E-state index in [1.165, 1.54) is 12.1 Å². The fraction of sp³-hybridized carbons (Fsp3) is 0.238. The fourth-order valence-electron chi connectivity index (χ4n) is 3.72. The van der Waals surface area contributed by atoms with Crippen molar-refractivity contribution in [1.82, 2.24) is 9.88 Å². The smallest absolute Gasteiger partial charge is 0.258 e. The maximum atomic E-state index is 13.1. The first kappa shape index (κ1) is 17.3. The summed E-state index contributed by atoms with van der Waals surface area (Å²) < 4.78 is 13.1. The Morgan fingerprint density at radius 2 is 2.00 bits per heavy atom. The number of anilines is 1. The molecule has 6 heteroatoms. The lowest BCUT2D eigenvalue weighted by Gasteiger charge is -2.14. The van der Waals surface area contributed by atoms with Crippen LogP contribution in [0.15, 0.2) is 36.5 Å². The molecule has 0 saturated carbocycles. The van der Waals surface area contributed by atoms with Crippen molar-refractivity contribution in [2.75, 3.05) is 18.9 Å². The van der Waals surface area contributed by atoms with Crippen LogP contribution in [0, 0.1) is 5.82 Å². The van der Waals surface area contributed by atoms with Gasteiger partial charge in [-0.2, -0.15) is 0 Å². The number of pyridine rings is 1. The molecule has 0 unspecified atom stereocenters. The largest absolute Gasteiger partial charge is 0.505 e. The van der Waals surface area contributed by atoms with E-state index in [0.29, 0.717) is 30.6 Å². The van der Waals surface area contributed by atoms with Crippen molar-refractivity contribution >= 4 is 22.5 Å². The van der Waals surface area contributed by atoms with Crippen molar-refractivity contribution in [1.29, 1.82) is 0 Å². The zero-order valence-electron chi connectivity index (χ0n) is 15.2. The van der Waals surface area contributed by atoms with Crippen LogP contribution in [-0.4, -0.2) is 34.5 Å². The van der Waals surface area contributed by atoms with E-state index in [-0.39, 0.29) is 17.5 Å². The predicted octanol–water partition coefficient (Wildman–Crippen LogP) is 3.69. The summed E-state index contributed by atoms with van der Waals surface area (Å²) in [5.41, 5.74) is 4.29. The van der Waals surface area contributed by atoms with Crippen LogP contribution in [0.1, 0.15) is 34.0 Å². The Hall–Kier alpha value is -3.15. The summed E-state index contributed by atoms with van der Waals surface area (Å²) in [6.45, 7) is 2.96. The molecule has 3 aromatic rings. The third kappa shape index (κ3) is 2.77. The van der Waals surface area contributed by atoms with E-state index in [2.05, 4.69) is 10.3 Å². The zero-order valence-corrected chi connectivity index (χ0v) is 15.2. The molecule has 1 amide bonds. The third-order valence-electron chi connectivity index (χ3n) is 5.08. The molecule has 1 aromatic heterocycles. The van der Waals surface area contributed by atoms with Crippen LogP contribution in [0.2, 0.25) is 0 Å². The minimum Gasteiger partial charge on any atom is -0.505 e. The topological polar surface area (TPSA) is 65.5 Å². The van der Waals surface area contributed by atoms with E-state index >= 15 is 0 Å². The fourth-order valence-corrected chi connectivity index (χ4v) is 3.72. The Labute approximate surface area is 156 Å². The van der Waals surface area contributed by atoms with E-state index < -0.39 is 0 Å². The number of phenolic OH excluding ortho intramolecular Hbond substituents is 1. The number of carbonyl (C=O) groups excluding carboxylic acids is 1. The minimum atomic E-state index is -0.265. The van der Waals surface area contributed by atoms with Gasteiger partial charge in [0.25, 0.3) is 5.91 Å². The zero-order chi connectivity index (χ0) is 19.1. The number of aromatic nitrogens is 1. The summed E-state index contributed by atoms with van der Waals surface area (Å²) >= 11 is 0. The van der Waals surface area contributed by atoms with Gasteiger partial charge < -0.3 is 15.3 Å². The first-order valence-corrected chi connectivity index (χ1v) is 8.91. The molecule has 0 aliphatic carbocycles. The quantitative estimate of drug-likeness (QED) is 0.692. The van der Waals surface area contributed by atoms with Gasteiger partial charge in [0.15, 0.2) is 5.75 Å². The molecule has 0 fully saturated rings. The molecule has 4 rings (SSSR count). The number of aromatic hydroxyl groups is 1. The second kappa shape index (κ2) is 6.54. The van der Waals surface area contributed by atoms with Crippen LogP contribution < -0.4 is 5.32 Å². The lowest BCUT2D eigenvalue weighted by atomic mass is 9.98. The number of benzene rings is 2. The molecule has 138 valence electrons. The van der Waals surface area contributed by atoms with E-state index in [4.69, 9.17) is 0 Å². The van der Waals surface area contributed by atoms with E-state index in [9.17, 15) is 14.3 Å². The summed E-state index contributed by atoms with van der Waals surface area (Å²) in [4.78, 5) is 18.7. The summed E-state index contributed by atoms with van der Waals surface area (Å²) in [6, 6.07) is 8.34. The SMILES string of the molecule is CCN1Cc2c(c(O)c3ncc(Cc4ccc(F)cc4)cc3c2NC)C1=O. The molecule has 0 spiro atoms. The minimum absolute atomic E-state index is 0.0618. The number of nitrogens with zero attached hydrogens (tertiary/aromatic N) is 2. The number of rotatable bonds is 4. The molecule has 0 radical (unpaired) electrons. The van der Waals surface area contributed by atoms with Gasteiger partial charge >= 0.3 is 0 Å². The van der Waals surface area contributed by atoms with E-state index in [1.807, 2.05) is 13.0 Å². The molecule has 2 N–H and O–H groups in total. The molecule has 5 nitrogen and oxygen atoms in total. The predicted molar refractivity (Wildman–Crippen MR) is 103 cm³/mol. The van der Waals surface area contributed by atoms with Gasteiger partial charge in [0.05, 0.1) is 5.56 Å².